The van der Waals surface area contributed by atoms with Gasteiger partial charge in [0.05, 0.1) is 12.5 Å². The second-order valence-corrected chi connectivity index (χ2v) is 5.12. The van der Waals surface area contributed by atoms with Crippen LogP contribution in [0.1, 0.15) is 35.6 Å². The molecule has 4 nitrogen and oxygen atoms in total. The Labute approximate surface area is 107 Å². The maximum Gasteiger partial charge on any atom is 0.311 e. The van der Waals surface area contributed by atoms with Crippen LogP contribution in [-0.2, 0) is 4.79 Å². The Kier molecular flexibility index (Phi) is 3.07. The van der Waals surface area contributed by atoms with Gasteiger partial charge in [-0.25, -0.2) is 0 Å². The molecule has 4 heteroatoms. The second kappa shape index (κ2) is 4.28. The second-order valence-electron chi connectivity index (χ2n) is 5.12. The highest BCUT2D eigenvalue weighted by atomic mass is 16.5. The molecule has 0 aromatic heterocycles. The van der Waals surface area contributed by atoms with Gasteiger partial charge in [-0.1, -0.05) is 6.07 Å². The zero-order valence-electron chi connectivity index (χ0n) is 11.0. The Balaban J connectivity index is 2.40. The number of ether oxygens (including phenoxy) is 1. The summed E-state index contributed by atoms with van der Waals surface area (Å²) in [6.45, 7) is 3.88. The van der Waals surface area contributed by atoms with Crippen LogP contribution in [0.3, 0.4) is 0 Å². The van der Waals surface area contributed by atoms with Crippen molar-refractivity contribution in [1.82, 2.24) is 0 Å². The van der Waals surface area contributed by atoms with Gasteiger partial charge in [-0.3, -0.25) is 4.79 Å². The molecule has 2 rings (SSSR count). The van der Waals surface area contributed by atoms with Crippen molar-refractivity contribution in [3.8, 4) is 5.75 Å². The van der Waals surface area contributed by atoms with Gasteiger partial charge >= 0.3 is 5.97 Å². The van der Waals surface area contributed by atoms with Crippen LogP contribution in [0.2, 0.25) is 0 Å². The van der Waals surface area contributed by atoms with Gasteiger partial charge in [0, 0.05) is 6.04 Å². The normalized spacial score (nSPS) is 18.2. The van der Waals surface area contributed by atoms with E-state index in [0.29, 0.717) is 12.8 Å². The lowest BCUT2D eigenvalue weighted by atomic mass is 9.87. The van der Waals surface area contributed by atoms with Crippen molar-refractivity contribution in [1.29, 1.82) is 0 Å². The molecule has 1 aromatic rings. The molecular weight excluding hydrogens is 230 g/mol. The fourth-order valence-corrected chi connectivity index (χ4v) is 2.46. The van der Waals surface area contributed by atoms with E-state index in [-0.39, 0.29) is 0 Å². The van der Waals surface area contributed by atoms with E-state index in [0.717, 1.165) is 22.4 Å². The van der Waals surface area contributed by atoms with Gasteiger partial charge in [-0.2, -0.15) is 0 Å². The van der Waals surface area contributed by atoms with Gasteiger partial charge in [-0.05, 0) is 49.4 Å². The molecule has 0 heterocycles. The number of aliphatic carboxylic acids is 1. The Morgan fingerprint density at radius 3 is 2.44 bits per heavy atom. The largest absolute Gasteiger partial charge is 0.496 e. The highest BCUT2D eigenvalue weighted by Crippen LogP contribution is 2.54. The van der Waals surface area contributed by atoms with E-state index in [2.05, 4.69) is 0 Å². The number of nitrogens with two attached hydrogens (primary N) is 1. The van der Waals surface area contributed by atoms with Crippen LogP contribution < -0.4 is 10.5 Å². The number of carboxylic acids is 1. The van der Waals surface area contributed by atoms with Crippen LogP contribution in [0.5, 0.6) is 5.75 Å². The molecule has 0 spiro atoms. The van der Waals surface area contributed by atoms with Gasteiger partial charge in [0.2, 0.25) is 0 Å². The summed E-state index contributed by atoms with van der Waals surface area (Å²) in [6.07, 6.45) is 1.32. The Morgan fingerprint density at radius 1 is 1.39 bits per heavy atom. The van der Waals surface area contributed by atoms with Gasteiger partial charge in [0.15, 0.2) is 0 Å². The number of aryl methyl sites for hydroxylation is 2. The molecule has 0 radical (unpaired) electrons. The van der Waals surface area contributed by atoms with Crippen LogP contribution in [0, 0.1) is 19.3 Å². The van der Waals surface area contributed by atoms with E-state index in [1.54, 1.807) is 7.11 Å². The minimum atomic E-state index is -0.789. The predicted molar refractivity (Wildman–Crippen MR) is 68.7 cm³/mol. The molecule has 98 valence electrons. The fourth-order valence-electron chi connectivity index (χ4n) is 2.46. The summed E-state index contributed by atoms with van der Waals surface area (Å²) in [4.78, 5) is 11.3. The number of rotatable bonds is 4. The zero-order valence-corrected chi connectivity index (χ0v) is 11.0. The monoisotopic (exact) mass is 249 g/mol. The zero-order chi connectivity index (χ0) is 13.5. The molecule has 1 saturated carbocycles. The standard InChI is InChI=1S/C14H19NO3/c1-8-7-11(18-3)9(2)6-10(8)12(15)14(4-5-14)13(16)17/h6-7,12H,4-5,15H2,1-3H3,(H,16,17). The number of hydrogen-bond donors (Lipinski definition) is 2. The Hall–Kier alpha value is -1.55. The van der Waals surface area contributed by atoms with E-state index in [4.69, 9.17) is 10.5 Å². The van der Waals surface area contributed by atoms with Crippen LogP contribution in [0.15, 0.2) is 12.1 Å². The first kappa shape index (κ1) is 12.9. The fraction of sp³-hybridized carbons (Fsp3) is 0.500. The maximum absolute atomic E-state index is 11.3. The van der Waals surface area contributed by atoms with E-state index in [1.165, 1.54) is 0 Å². The molecule has 1 fully saturated rings. The van der Waals surface area contributed by atoms with Crippen LogP contribution in [-0.4, -0.2) is 18.2 Å². The third-order valence-corrected chi connectivity index (χ3v) is 3.93. The summed E-state index contributed by atoms with van der Waals surface area (Å²) < 4.78 is 5.25. The average Bonchev–Trinajstić information content (AvgIpc) is 3.12. The van der Waals surface area contributed by atoms with Crippen molar-refractivity contribution in [3.05, 3.63) is 28.8 Å². The number of hydrogen-bond acceptors (Lipinski definition) is 3. The Bertz CT molecular complexity index is 492. The molecule has 0 aliphatic heterocycles. The molecule has 0 saturated heterocycles. The highest BCUT2D eigenvalue weighted by molar-refractivity contribution is 5.79. The molecule has 1 aromatic carbocycles. The molecule has 0 amide bonds. The summed E-state index contributed by atoms with van der Waals surface area (Å²) in [7, 11) is 1.63. The highest BCUT2D eigenvalue weighted by Gasteiger charge is 2.55. The third-order valence-electron chi connectivity index (χ3n) is 3.93. The number of methoxy groups -OCH3 is 1. The van der Waals surface area contributed by atoms with Crippen molar-refractivity contribution in [3.63, 3.8) is 0 Å². The van der Waals surface area contributed by atoms with Crippen molar-refractivity contribution in [2.45, 2.75) is 32.7 Å². The molecule has 1 aliphatic rings. The first-order valence-corrected chi connectivity index (χ1v) is 6.06. The molecule has 1 atom stereocenters. The summed E-state index contributed by atoms with van der Waals surface area (Å²) in [5, 5.41) is 9.29. The minimum absolute atomic E-state index is 0.445. The van der Waals surface area contributed by atoms with Gasteiger partial charge in [0.1, 0.15) is 5.75 Å². The van der Waals surface area contributed by atoms with E-state index in [1.807, 2.05) is 26.0 Å². The number of benzene rings is 1. The van der Waals surface area contributed by atoms with Crippen molar-refractivity contribution in [2.75, 3.05) is 7.11 Å². The summed E-state index contributed by atoms with van der Waals surface area (Å²) in [5.41, 5.74) is 8.29. The SMILES string of the molecule is COc1cc(C)c(C(N)C2(C(=O)O)CC2)cc1C. The predicted octanol–water partition coefficient (Wildman–Crippen LogP) is 2.18. The molecule has 3 N–H and O–H groups in total. The molecule has 1 unspecified atom stereocenters. The first-order valence-electron chi connectivity index (χ1n) is 6.06. The Morgan fingerprint density at radius 2 is 2.00 bits per heavy atom. The quantitative estimate of drug-likeness (QED) is 0.857. The van der Waals surface area contributed by atoms with Gasteiger partial charge in [-0.15, -0.1) is 0 Å². The van der Waals surface area contributed by atoms with Gasteiger partial charge in [0.25, 0.3) is 0 Å². The van der Waals surface area contributed by atoms with Crippen molar-refractivity contribution < 1.29 is 14.6 Å². The van der Waals surface area contributed by atoms with Crippen molar-refractivity contribution in [2.24, 2.45) is 11.1 Å². The van der Waals surface area contributed by atoms with Crippen LogP contribution in [0.4, 0.5) is 0 Å². The summed E-state index contributed by atoms with van der Waals surface area (Å²) >= 11 is 0. The van der Waals surface area contributed by atoms with Crippen LogP contribution in [0.25, 0.3) is 0 Å². The van der Waals surface area contributed by atoms with E-state index >= 15 is 0 Å². The minimum Gasteiger partial charge on any atom is -0.496 e. The molecule has 1 aliphatic carbocycles. The summed E-state index contributed by atoms with van der Waals surface area (Å²) in [5.74, 6) is 0.0199. The third kappa shape index (κ3) is 1.86. The van der Waals surface area contributed by atoms with E-state index in [9.17, 15) is 9.90 Å². The van der Waals surface area contributed by atoms with E-state index < -0.39 is 17.4 Å². The lowest BCUT2D eigenvalue weighted by molar-refractivity contribution is -0.144. The first-order chi connectivity index (χ1) is 8.42. The van der Waals surface area contributed by atoms with Crippen LogP contribution >= 0.6 is 0 Å². The topological polar surface area (TPSA) is 72.5 Å². The summed E-state index contributed by atoms with van der Waals surface area (Å²) in [6, 6.07) is 3.42. The van der Waals surface area contributed by atoms with Gasteiger partial charge < -0.3 is 15.6 Å². The molecule has 0 bridgehead atoms. The van der Waals surface area contributed by atoms with Crippen molar-refractivity contribution >= 4 is 5.97 Å². The number of carboxylic acid groups (broad SMARTS) is 1. The smallest absolute Gasteiger partial charge is 0.311 e. The lowest BCUT2D eigenvalue weighted by Gasteiger charge is -2.22. The number of carbonyl (C=O) groups is 1. The maximum atomic E-state index is 11.3. The molecular formula is C14H19NO3. The molecule has 18 heavy (non-hydrogen) atoms. The lowest BCUT2D eigenvalue weighted by Crippen LogP contribution is -2.30. The average molecular weight is 249 g/mol.